The molecule has 1 aliphatic carbocycles. The molecule has 0 aromatic rings. The Kier molecular flexibility index (Phi) is 4.49. The van der Waals surface area contributed by atoms with Crippen molar-refractivity contribution < 1.29 is 14.3 Å². The highest BCUT2D eigenvalue weighted by Gasteiger charge is 2.35. The van der Waals surface area contributed by atoms with E-state index in [4.69, 9.17) is 4.74 Å². The molecule has 0 aromatic heterocycles. The molecule has 0 spiro atoms. The molecule has 0 bridgehead atoms. The highest BCUT2D eigenvalue weighted by molar-refractivity contribution is 5.92. The number of hydrogen-bond acceptors (Lipinski definition) is 3. The van der Waals surface area contributed by atoms with Crippen molar-refractivity contribution >= 4 is 11.8 Å². The van der Waals surface area contributed by atoms with Gasteiger partial charge in [-0.25, -0.2) is 4.79 Å². The van der Waals surface area contributed by atoms with Gasteiger partial charge >= 0.3 is 5.97 Å². The van der Waals surface area contributed by atoms with Crippen molar-refractivity contribution in [1.29, 1.82) is 0 Å². The van der Waals surface area contributed by atoms with Gasteiger partial charge in [0.15, 0.2) is 5.78 Å². The third-order valence-electron chi connectivity index (χ3n) is 3.37. The molecule has 0 saturated heterocycles. The number of carbonyl (C=O) groups is 2. The maximum atomic E-state index is 11.6. The molecule has 0 aromatic carbocycles. The molecule has 1 rings (SSSR count). The van der Waals surface area contributed by atoms with Crippen molar-refractivity contribution in [2.45, 2.75) is 41.0 Å². The van der Waals surface area contributed by atoms with Crippen molar-refractivity contribution in [1.82, 2.24) is 0 Å². The number of esters is 1. The average Bonchev–Trinajstić information content (AvgIpc) is 2.22. The van der Waals surface area contributed by atoms with E-state index < -0.39 is 0 Å². The standard InChI is InChI=1S/C15H22O3/c1-6-18-14(17)11(3)8-13-10(2)7-12(16)9-15(13,4)5/h7-8,13H,6,9H2,1-5H3/b11-8+/t13-/m1/s1. The maximum Gasteiger partial charge on any atom is 0.333 e. The molecule has 1 atom stereocenters. The minimum Gasteiger partial charge on any atom is -0.463 e. The number of rotatable bonds is 3. The third-order valence-corrected chi connectivity index (χ3v) is 3.37. The van der Waals surface area contributed by atoms with Crippen LogP contribution in [0.4, 0.5) is 0 Å². The van der Waals surface area contributed by atoms with E-state index in [0.717, 1.165) is 5.57 Å². The average molecular weight is 250 g/mol. The van der Waals surface area contributed by atoms with Crippen molar-refractivity contribution in [2.75, 3.05) is 6.61 Å². The van der Waals surface area contributed by atoms with E-state index in [1.807, 2.05) is 13.0 Å². The number of carbonyl (C=O) groups excluding carboxylic acids is 2. The van der Waals surface area contributed by atoms with Gasteiger partial charge in [0.1, 0.15) is 0 Å². The smallest absolute Gasteiger partial charge is 0.333 e. The fourth-order valence-corrected chi connectivity index (χ4v) is 2.49. The van der Waals surface area contributed by atoms with Crippen LogP contribution in [0.25, 0.3) is 0 Å². The Bertz CT molecular complexity index is 413. The SMILES string of the molecule is CCOC(=O)/C(C)=C/[C@@H]1C(C)=CC(=O)CC1(C)C. The zero-order chi connectivity index (χ0) is 13.9. The highest BCUT2D eigenvalue weighted by atomic mass is 16.5. The molecule has 0 heterocycles. The first-order chi connectivity index (χ1) is 8.27. The van der Waals surface area contributed by atoms with Gasteiger partial charge in [0.2, 0.25) is 0 Å². The molecule has 0 unspecified atom stereocenters. The molecule has 0 radical (unpaired) electrons. The molecule has 0 fully saturated rings. The summed E-state index contributed by atoms with van der Waals surface area (Å²) in [4.78, 5) is 23.2. The van der Waals surface area contributed by atoms with Gasteiger partial charge in [0.05, 0.1) is 6.61 Å². The predicted molar refractivity (Wildman–Crippen MR) is 71.0 cm³/mol. The molecule has 1 aliphatic rings. The van der Waals surface area contributed by atoms with Gasteiger partial charge < -0.3 is 4.74 Å². The van der Waals surface area contributed by atoms with E-state index in [-0.39, 0.29) is 23.1 Å². The van der Waals surface area contributed by atoms with Gasteiger partial charge in [0, 0.05) is 17.9 Å². The summed E-state index contributed by atoms with van der Waals surface area (Å²) in [6.45, 7) is 9.99. The normalized spacial score (nSPS) is 23.6. The first-order valence-corrected chi connectivity index (χ1v) is 6.34. The summed E-state index contributed by atoms with van der Waals surface area (Å²) >= 11 is 0. The van der Waals surface area contributed by atoms with Crippen molar-refractivity contribution in [2.24, 2.45) is 11.3 Å². The zero-order valence-electron chi connectivity index (χ0n) is 11.9. The summed E-state index contributed by atoms with van der Waals surface area (Å²) < 4.78 is 4.98. The molecule has 0 N–H and O–H groups in total. The number of allylic oxidation sites excluding steroid dienone is 3. The van der Waals surface area contributed by atoms with Gasteiger partial charge in [0.25, 0.3) is 0 Å². The number of ether oxygens (including phenoxy) is 1. The lowest BCUT2D eigenvalue weighted by molar-refractivity contribution is -0.138. The number of hydrogen-bond donors (Lipinski definition) is 0. The van der Waals surface area contributed by atoms with Crippen LogP contribution in [0.5, 0.6) is 0 Å². The van der Waals surface area contributed by atoms with E-state index >= 15 is 0 Å². The van der Waals surface area contributed by atoms with Crippen LogP contribution in [-0.2, 0) is 14.3 Å². The lowest BCUT2D eigenvalue weighted by Gasteiger charge is -2.36. The van der Waals surface area contributed by atoms with Crippen LogP contribution in [-0.4, -0.2) is 18.4 Å². The summed E-state index contributed by atoms with van der Waals surface area (Å²) in [7, 11) is 0. The van der Waals surface area contributed by atoms with E-state index in [1.165, 1.54) is 0 Å². The highest BCUT2D eigenvalue weighted by Crippen LogP contribution is 2.40. The lowest BCUT2D eigenvalue weighted by Crippen LogP contribution is -2.31. The van der Waals surface area contributed by atoms with Crippen LogP contribution in [0.3, 0.4) is 0 Å². The fourth-order valence-electron chi connectivity index (χ4n) is 2.49. The largest absolute Gasteiger partial charge is 0.463 e. The molecule has 0 saturated carbocycles. The zero-order valence-corrected chi connectivity index (χ0v) is 11.9. The Labute approximate surface area is 109 Å². The van der Waals surface area contributed by atoms with Gasteiger partial charge in [-0.1, -0.05) is 25.5 Å². The van der Waals surface area contributed by atoms with E-state index in [0.29, 0.717) is 18.6 Å². The minimum absolute atomic E-state index is 0.111. The topological polar surface area (TPSA) is 43.4 Å². The van der Waals surface area contributed by atoms with Gasteiger partial charge in [-0.2, -0.15) is 0 Å². The second-order valence-electron chi connectivity index (χ2n) is 5.57. The van der Waals surface area contributed by atoms with Crippen LogP contribution in [0.1, 0.15) is 41.0 Å². The Morgan fingerprint density at radius 2 is 2.17 bits per heavy atom. The molecule has 3 heteroatoms. The molecular formula is C15H22O3. The monoisotopic (exact) mass is 250 g/mol. The van der Waals surface area contributed by atoms with E-state index in [9.17, 15) is 9.59 Å². The van der Waals surface area contributed by atoms with Crippen LogP contribution < -0.4 is 0 Å². The van der Waals surface area contributed by atoms with Gasteiger partial charge in [-0.05, 0) is 32.3 Å². The van der Waals surface area contributed by atoms with Gasteiger partial charge in [-0.3, -0.25) is 4.79 Å². The third kappa shape index (κ3) is 3.31. The Balaban J connectivity index is 3.00. The number of ketones is 1. The Morgan fingerprint density at radius 3 is 2.67 bits per heavy atom. The molecule has 100 valence electrons. The van der Waals surface area contributed by atoms with Gasteiger partial charge in [-0.15, -0.1) is 0 Å². The maximum absolute atomic E-state index is 11.6. The molecular weight excluding hydrogens is 228 g/mol. The lowest BCUT2D eigenvalue weighted by atomic mass is 9.68. The minimum atomic E-state index is -0.280. The van der Waals surface area contributed by atoms with E-state index in [2.05, 4.69) is 13.8 Å². The van der Waals surface area contributed by atoms with Crippen LogP contribution in [0.2, 0.25) is 0 Å². The first-order valence-electron chi connectivity index (χ1n) is 6.34. The predicted octanol–water partition coefficient (Wildman–Crippen LogP) is 3.06. The summed E-state index contributed by atoms with van der Waals surface area (Å²) in [5, 5.41) is 0. The quantitative estimate of drug-likeness (QED) is 0.571. The van der Waals surface area contributed by atoms with Crippen LogP contribution in [0, 0.1) is 11.3 Å². The molecule has 3 nitrogen and oxygen atoms in total. The summed E-state index contributed by atoms with van der Waals surface area (Å²) in [5.41, 5.74) is 1.47. The molecule has 0 aliphatic heterocycles. The molecule has 0 amide bonds. The Morgan fingerprint density at radius 1 is 1.56 bits per heavy atom. The van der Waals surface area contributed by atoms with Crippen molar-refractivity contribution in [3.63, 3.8) is 0 Å². The van der Waals surface area contributed by atoms with Crippen molar-refractivity contribution in [3.05, 3.63) is 23.3 Å². The van der Waals surface area contributed by atoms with E-state index in [1.54, 1.807) is 19.9 Å². The summed E-state index contributed by atoms with van der Waals surface area (Å²) in [6.07, 6.45) is 4.13. The fraction of sp³-hybridized carbons (Fsp3) is 0.600. The van der Waals surface area contributed by atoms with Crippen LogP contribution in [0.15, 0.2) is 23.3 Å². The second kappa shape index (κ2) is 5.51. The summed E-state index contributed by atoms with van der Waals surface area (Å²) in [5.74, 6) is -0.00598. The van der Waals surface area contributed by atoms with Crippen molar-refractivity contribution in [3.8, 4) is 0 Å². The second-order valence-corrected chi connectivity index (χ2v) is 5.57. The first kappa shape index (κ1) is 14.7. The Hall–Kier alpha value is -1.38. The molecule has 18 heavy (non-hydrogen) atoms. The summed E-state index contributed by atoms with van der Waals surface area (Å²) in [6, 6.07) is 0. The van der Waals surface area contributed by atoms with Crippen LogP contribution >= 0.6 is 0 Å².